The lowest BCUT2D eigenvalue weighted by Crippen LogP contribution is -2.25. The molecule has 3 N–H and O–H groups in total. The zero-order valence-electron chi connectivity index (χ0n) is 20.6. The third-order valence-corrected chi connectivity index (χ3v) is 7.30. The molecule has 0 unspecified atom stereocenters. The van der Waals surface area contributed by atoms with Crippen molar-refractivity contribution in [2.75, 3.05) is 10.0 Å². The van der Waals surface area contributed by atoms with Gasteiger partial charge in [0.05, 0.1) is 21.2 Å². The van der Waals surface area contributed by atoms with Crippen LogP contribution in [0.3, 0.4) is 0 Å². The van der Waals surface area contributed by atoms with Gasteiger partial charge in [-0.25, -0.2) is 8.42 Å². The third kappa shape index (κ3) is 7.51. The number of hydrogen-bond acceptors (Lipinski definition) is 5. The van der Waals surface area contributed by atoms with Crippen molar-refractivity contribution in [3.8, 4) is 11.5 Å². The minimum atomic E-state index is -4.06. The largest absolute Gasteiger partial charge is 0.456 e. The van der Waals surface area contributed by atoms with E-state index in [1.54, 1.807) is 48.5 Å². The number of sulfonamides is 1. The molecule has 0 aliphatic heterocycles. The number of carbonyl (C=O) groups excluding carboxylic acids is 2. The fourth-order valence-corrected chi connectivity index (χ4v) is 5.00. The summed E-state index contributed by atoms with van der Waals surface area (Å²) in [5.74, 6) is 0.0844. The number of para-hydroxylation sites is 1. The highest BCUT2D eigenvalue weighted by molar-refractivity contribution is 7.92. The van der Waals surface area contributed by atoms with Gasteiger partial charge in [0.25, 0.3) is 15.9 Å². The van der Waals surface area contributed by atoms with Crippen LogP contribution in [0.2, 0.25) is 10.0 Å². The van der Waals surface area contributed by atoms with E-state index in [0.717, 1.165) is 5.56 Å². The summed E-state index contributed by atoms with van der Waals surface area (Å²) in [7, 11) is -4.06. The van der Waals surface area contributed by atoms with Crippen LogP contribution in [0.4, 0.5) is 11.4 Å². The van der Waals surface area contributed by atoms with Gasteiger partial charge in [0.15, 0.2) is 0 Å². The SMILES string of the molecule is CC(=O)Nc1cccc(CNC(=O)c2cc(Cl)ccc2NS(=O)(=O)c2ccc(Oc3ccccc3Cl)cc2)c1. The number of anilines is 2. The summed E-state index contributed by atoms with van der Waals surface area (Å²) in [4.78, 5) is 24.3. The molecule has 0 bridgehead atoms. The number of carbonyl (C=O) groups is 2. The molecule has 0 aliphatic carbocycles. The Morgan fingerprint density at radius 2 is 1.62 bits per heavy atom. The molecule has 0 saturated heterocycles. The molecule has 0 aromatic heterocycles. The molecule has 2 amide bonds. The summed E-state index contributed by atoms with van der Waals surface area (Å²) in [6, 6.07) is 23.9. The zero-order chi connectivity index (χ0) is 28.0. The van der Waals surface area contributed by atoms with Crippen LogP contribution in [0.1, 0.15) is 22.8 Å². The predicted octanol–water partition coefficient (Wildman–Crippen LogP) is 6.47. The molecule has 0 fully saturated rings. The Morgan fingerprint density at radius 3 is 2.33 bits per heavy atom. The zero-order valence-corrected chi connectivity index (χ0v) is 22.9. The Balaban J connectivity index is 1.48. The first kappa shape index (κ1) is 28.0. The van der Waals surface area contributed by atoms with Gasteiger partial charge in [0.2, 0.25) is 5.91 Å². The molecular formula is C28H23Cl2N3O5S. The van der Waals surface area contributed by atoms with E-state index in [1.807, 2.05) is 0 Å². The Hall–Kier alpha value is -4.05. The smallest absolute Gasteiger partial charge is 0.261 e. The monoisotopic (exact) mass is 583 g/mol. The van der Waals surface area contributed by atoms with Gasteiger partial charge in [0, 0.05) is 24.2 Å². The Kier molecular flexibility index (Phi) is 8.75. The maximum atomic E-state index is 13.1. The summed E-state index contributed by atoms with van der Waals surface area (Å²) in [6.07, 6.45) is 0. The first-order valence-electron chi connectivity index (χ1n) is 11.6. The van der Waals surface area contributed by atoms with Crippen molar-refractivity contribution < 1.29 is 22.7 Å². The normalized spacial score (nSPS) is 10.9. The van der Waals surface area contributed by atoms with Crippen LogP contribution in [0.25, 0.3) is 0 Å². The predicted molar refractivity (Wildman–Crippen MR) is 152 cm³/mol. The van der Waals surface area contributed by atoms with Crippen LogP contribution < -0.4 is 20.1 Å². The topological polar surface area (TPSA) is 114 Å². The average molecular weight is 584 g/mol. The maximum Gasteiger partial charge on any atom is 0.261 e. The minimum absolute atomic E-state index is 0.0369. The van der Waals surface area contributed by atoms with Crippen LogP contribution in [-0.4, -0.2) is 20.2 Å². The van der Waals surface area contributed by atoms with Gasteiger partial charge in [-0.1, -0.05) is 47.5 Å². The molecule has 0 aliphatic rings. The van der Waals surface area contributed by atoms with E-state index in [9.17, 15) is 18.0 Å². The molecule has 0 heterocycles. The number of nitrogens with one attached hydrogen (secondary N) is 3. The molecule has 0 saturated carbocycles. The van der Waals surface area contributed by atoms with Crippen molar-refractivity contribution in [3.63, 3.8) is 0 Å². The van der Waals surface area contributed by atoms with Gasteiger partial charge in [-0.2, -0.15) is 0 Å². The molecule has 4 aromatic carbocycles. The number of hydrogen-bond donors (Lipinski definition) is 3. The summed E-state index contributed by atoms with van der Waals surface area (Å²) in [5.41, 5.74) is 1.43. The molecule has 0 radical (unpaired) electrons. The number of rotatable bonds is 9. The quantitative estimate of drug-likeness (QED) is 0.209. The number of amides is 2. The van der Waals surface area contributed by atoms with Gasteiger partial charge in [0.1, 0.15) is 11.5 Å². The molecular weight excluding hydrogens is 561 g/mol. The lowest BCUT2D eigenvalue weighted by Gasteiger charge is -2.14. The van der Waals surface area contributed by atoms with Crippen LogP contribution in [0.15, 0.2) is 95.9 Å². The summed E-state index contributed by atoms with van der Waals surface area (Å²) >= 11 is 12.2. The number of benzene rings is 4. The van der Waals surface area contributed by atoms with Gasteiger partial charge in [-0.05, 0) is 72.3 Å². The van der Waals surface area contributed by atoms with Crippen molar-refractivity contribution >= 4 is 56.4 Å². The maximum absolute atomic E-state index is 13.1. The van der Waals surface area contributed by atoms with E-state index in [2.05, 4.69) is 15.4 Å². The molecule has 4 rings (SSSR count). The van der Waals surface area contributed by atoms with Crippen LogP contribution >= 0.6 is 23.2 Å². The van der Waals surface area contributed by atoms with Crippen molar-refractivity contribution in [1.29, 1.82) is 0 Å². The second-order valence-corrected chi connectivity index (χ2v) is 10.9. The molecule has 39 heavy (non-hydrogen) atoms. The number of halogens is 2. The first-order valence-corrected chi connectivity index (χ1v) is 13.8. The van der Waals surface area contributed by atoms with Gasteiger partial charge < -0.3 is 15.4 Å². The van der Waals surface area contributed by atoms with E-state index in [1.165, 1.54) is 49.4 Å². The fourth-order valence-electron chi connectivity index (χ4n) is 3.58. The second kappa shape index (κ2) is 12.2. The molecule has 4 aromatic rings. The van der Waals surface area contributed by atoms with E-state index in [0.29, 0.717) is 22.2 Å². The summed E-state index contributed by atoms with van der Waals surface area (Å²) in [6.45, 7) is 1.54. The first-order chi connectivity index (χ1) is 18.6. The summed E-state index contributed by atoms with van der Waals surface area (Å²) in [5, 5.41) is 6.11. The van der Waals surface area contributed by atoms with E-state index in [-0.39, 0.29) is 33.6 Å². The van der Waals surface area contributed by atoms with Crippen LogP contribution in [-0.2, 0) is 21.4 Å². The number of ether oxygens (including phenoxy) is 1. The van der Waals surface area contributed by atoms with Gasteiger partial charge in [-0.15, -0.1) is 0 Å². The van der Waals surface area contributed by atoms with Gasteiger partial charge >= 0.3 is 0 Å². The second-order valence-electron chi connectivity index (χ2n) is 8.36. The third-order valence-electron chi connectivity index (χ3n) is 5.37. The van der Waals surface area contributed by atoms with Crippen LogP contribution in [0.5, 0.6) is 11.5 Å². The highest BCUT2D eigenvalue weighted by Crippen LogP contribution is 2.30. The Bertz CT molecular complexity index is 1630. The van der Waals surface area contributed by atoms with Crippen molar-refractivity contribution in [2.24, 2.45) is 0 Å². The van der Waals surface area contributed by atoms with Crippen molar-refractivity contribution in [3.05, 3.63) is 112 Å². The van der Waals surface area contributed by atoms with E-state index < -0.39 is 15.9 Å². The Morgan fingerprint density at radius 1 is 0.872 bits per heavy atom. The average Bonchev–Trinajstić information content (AvgIpc) is 2.90. The van der Waals surface area contributed by atoms with Crippen molar-refractivity contribution in [2.45, 2.75) is 18.4 Å². The highest BCUT2D eigenvalue weighted by Gasteiger charge is 2.20. The molecule has 200 valence electrons. The lowest BCUT2D eigenvalue weighted by molar-refractivity contribution is -0.114. The molecule has 11 heteroatoms. The summed E-state index contributed by atoms with van der Waals surface area (Å²) < 4.78 is 34.4. The van der Waals surface area contributed by atoms with E-state index in [4.69, 9.17) is 27.9 Å². The van der Waals surface area contributed by atoms with Gasteiger partial charge in [-0.3, -0.25) is 14.3 Å². The standard InChI is InChI=1S/C28H23Cl2N3O5S/c1-18(34)32-21-6-4-5-19(15-21)17-31-28(35)24-16-20(29)9-14-26(24)33-39(36,37)23-12-10-22(11-13-23)38-27-8-3-2-7-25(27)30/h2-16,33H,17H2,1H3,(H,31,35)(H,32,34). The molecule has 8 nitrogen and oxygen atoms in total. The Labute approximate surface area is 236 Å². The fraction of sp³-hybridized carbons (Fsp3) is 0.0714. The highest BCUT2D eigenvalue weighted by atomic mass is 35.5. The van der Waals surface area contributed by atoms with Crippen LogP contribution in [0, 0.1) is 0 Å². The van der Waals surface area contributed by atoms with Crippen molar-refractivity contribution in [1.82, 2.24) is 5.32 Å². The van der Waals surface area contributed by atoms with E-state index >= 15 is 0 Å². The molecule has 0 spiro atoms. The molecule has 0 atom stereocenters. The minimum Gasteiger partial charge on any atom is -0.456 e. The lowest BCUT2D eigenvalue weighted by atomic mass is 10.1.